The average Bonchev–Trinajstić information content (AvgIpc) is 1.88. The van der Waals surface area contributed by atoms with E-state index in [1.165, 1.54) is 0 Å². The lowest BCUT2D eigenvalue weighted by Gasteiger charge is -2.09. The molecule has 3 nitrogen and oxygen atoms in total. The third-order valence-corrected chi connectivity index (χ3v) is 1.28. The monoisotopic (exact) mass is 138 g/mol. The van der Waals surface area contributed by atoms with Crippen LogP contribution in [0.2, 0.25) is 0 Å². The maximum atomic E-state index is 11.0. The molecule has 1 heterocycles. The number of anilines is 1. The van der Waals surface area contributed by atoms with Gasteiger partial charge in [0, 0.05) is 20.3 Å². The van der Waals surface area contributed by atoms with E-state index in [1.807, 2.05) is 14.1 Å². The molecule has 1 aromatic heterocycles. The van der Waals surface area contributed by atoms with E-state index in [0.717, 1.165) is 0 Å². The van der Waals surface area contributed by atoms with Gasteiger partial charge in [-0.3, -0.25) is 4.79 Å². The minimum Gasteiger partial charge on any atom is -0.373 e. The molecule has 1 rings (SSSR count). The van der Waals surface area contributed by atoms with Gasteiger partial charge in [-0.15, -0.1) is 0 Å². The standard InChI is InChI=1S/C7H10N2O/c1-9(2)6-4-3-5-8-7(6)10/h3-5H,1-2H3,(H,8,10). The smallest absolute Gasteiger partial charge is 0.271 e. The molecule has 3 heteroatoms. The summed E-state index contributed by atoms with van der Waals surface area (Å²) in [6.07, 6.45) is 1.62. The molecule has 0 aliphatic heterocycles. The second-order valence-electron chi connectivity index (χ2n) is 2.28. The van der Waals surface area contributed by atoms with Crippen molar-refractivity contribution in [3.63, 3.8) is 0 Å². The highest BCUT2D eigenvalue weighted by Crippen LogP contribution is 1.98. The van der Waals surface area contributed by atoms with Crippen molar-refractivity contribution in [2.75, 3.05) is 19.0 Å². The zero-order valence-corrected chi connectivity index (χ0v) is 6.09. The van der Waals surface area contributed by atoms with E-state index in [-0.39, 0.29) is 5.56 Å². The maximum absolute atomic E-state index is 11.0. The molecule has 1 aromatic rings. The lowest BCUT2D eigenvalue weighted by molar-refractivity contribution is 1.08. The van der Waals surface area contributed by atoms with E-state index < -0.39 is 0 Å². The van der Waals surface area contributed by atoms with Gasteiger partial charge in [0.15, 0.2) is 0 Å². The molecular weight excluding hydrogens is 128 g/mol. The van der Waals surface area contributed by atoms with Crippen molar-refractivity contribution in [2.45, 2.75) is 0 Å². The summed E-state index contributed by atoms with van der Waals surface area (Å²) in [6, 6.07) is 3.58. The number of nitrogens with zero attached hydrogens (tertiary/aromatic N) is 1. The van der Waals surface area contributed by atoms with Gasteiger partial charge in [-0.25, -0.2) is 0 Å². The molecular formula is C7H10N2O. The molecule has 0 unspecified atom stereocenters. The van der Waals surface area contributed by atoms with Gasteiger partial charge >= 0.3 is 0 Å². The summed E-state index contributed by atoms with van der Waals surface area (Å²) in [5, 5.41) is 0. The van der Waals surface area contributed by atoms with E-state index in [0.29, 0.717) is 5.69 Å². The lowest BCUT2D eigenvalue weighted by Crippen LogP contribution is -2.19. The molecule has 0 atom stereocenters. The first-order valence-electron chi connectivity index (χ1n) is 3.07. The molecule has 1 N–H and O–H groups in total. The van der Waals surface area contributed by atoms with Crippen LogP contribution in [0.5, 0.6) is 0 Å². The second kappa shape index (κ2) is 2.56. The fourth-order valence-electron chi connectivity index (χ4n) is 0.765. The molecule has 0 amide bonds. The van der Waals surface area contributed by atoms with Crippen LogP contribution >= 0.6 is 0 Å². The zero-order valence-electron chi connectivity index (χ0n) is 6.09. The van der Waals surface area contributed by atoms with E-state index in [4.69, 9.17) is 0 Å². The van der Waals surface area contributed by atoms with Gasteiger partial charge < -0.3 is 9.88 Å². The highest BCUT2D eigenvalue weighted by molar-refractivity contribution is 5.41. The van der Waals surface area contributed by atoms with Gasteiger partial charge in [0.1, 0.15) is 5.69 Å². The number of aromatic nitrogens is 1. The molecule has 0 saturated carbocycles. The average molecular weight is 138 g/mol. The molecule has 54 valence electrons. The normalized spacial score (nSPS) is 9.40. The Balaban J connectivity index is 3.16. The fraction of sp³-hybridized carbons (Fsp3) is 0.286. The molecule has 0 aliphatic rings. The van der Waals surface area contributed by atoms with Gasteiger partial charge in [0.2, 0.25) is 0 Å². The van der Waals surface area contributed by atoms with Crippen molar-refractivity contribution in [1.82, 2.24) is 4.98 Å². The SMILES string of the molecule is CN(C)c1ccc[nH]c1=O. The predicted octanol–water partition coefficient (Wildman–Crippen LogP) is 0.441. The molecule has 0 bridgehead atoms. The van der Waals surface area contributed by atoms with Crippen LogP contribution in [-0.2, 0) is 0 Å². The number of hydrogen-bond acceptors (Lipinski definition) is 2. The highest BCUT2D eigenvalue weighted by Gasteiger charge is 1.96. The van der Waals surface area contributed by atoms with Gasteiger partial charge in [0.05, 0.1) is 0 Å². The Hall–Kier alpha value is -1.25. The first-order valence-corrected chi connectivity index (χ1v) is 3.07. The summed E-state index contributed by atoms with van der Waals surface area (Å²) < 4.78 is 0. The van der Waals surface area contributed by atoms with Crippen LogP contribution in [0.15, 0.2) is 23.1 Å². The van der Waals surface area contributed by atoms with Crippen LogP contribution in [0, 0.1) is 0 Å². The Morgan fingerprint density at radius 1 is 1.50 bits per heavy atom. The maximum Gasteiger partial charge on any atom is 0.271 e. The third-order valence-electron chi connectivity index (χ3n) is 1.28. The molecule has 10 heavy (non-hydrogen) atoms. The van der Waals surface area contributed by atoms with Crippen molar-refractivity contribution in [1.29, 1.82) is 0 Å². The minimum absolute atomic E-state index is 0.0486. The first kappa shape index (κ1) is 6.86. The summed E-state index contributed by atoms with van der Waals surface area (Å²) >= 11 is 0. The summed E-state index contributed by atoms with van der Waals surface area (Å²) in [5.74, 6) is 0. The van der Waals surface area contributed by atoms with Crippen LogP contribution in [0.25, 0.3) is 0 Å². The Morgan fingerprint density at radius 2 is 2.20 bits per heavy atom. The van der Waals surface area contributed by atoms with E-state index in [2.05, 4.69) is 4.98 Å². The van der Waals surface area contributed by atoms with E-state index >= 15 is 0 Å². The molecule has 0 aromatic carbocycles. The summed E-state index contributed by atoms with van der Waals surface area (Å²) in [6.45, 7) is 0. The Bertz CT molecular complexity index is 264. The summed E-state index contributed by atoms with van der Waals surface area (Å²) in [5.41, 5.74) is 0.634. The molecule has 0 aliphatic carbocycles. The second-order valence-corrected chi connectivity index (χ2v) is 2.28. The minimum atomic E-state index is -0.0486. The van der Waals surface area contributed by atoms with E-state index in [1.54, 1.807) is 23.2 Å². The number of hydrogen-bond donors (Lipinski definition) is 1. The molecule has 0 radical (unpaired) electrons. The van der Waals surface area contributed by atoms with Crippen molar-refractivity contribution in [3.8, 4) is 0 Å². The molecule has 0 spiro atoms. The van der Waals surface area contributed by atoms with E-state index in [9.17, 15) is 4.79 Å². The van der Waals surface area contributed by atoms with Crippen molar-refractivity contribution < 1.29 is 0 Å². The van der Waals surface area contributed by atoms with Gasteiger partial charge in [-0.1, -0.05) is 0 Å². The first-order chi connectivity index (χ1) is 4.72. The molecule has 0 fully saturated rings. The third kappa shape index (κ3) is 1.18. The largest absolute Gasteiger partial charge is 0.373 e. The van der Waals surface area contributed by atoms with Gasteiger partial charge in [0.25, 0.3) is 5.56 Å². The number of nitrogens with one attached hydrogen (secondary N) is 1. The number of rotatable bonds is 1. The van der Waals surface area contributed by atoms with Crippen molar-refractivity contribution >= 4 is 5.69 Å². The summed E-state index contributed by atoms with van der Waals surface area (Å²) in [7, 11) is 3.68. The van der Waals surface area contributed by atoms with Crippen LogP contribution in [-0.4, -0.2) is 19.1 Å². The number of H-pyrrole nitrogens is 1. The lowest BCUT2D eigenvalue weighted by atomic mass is 10.4. The van der Waals surface area contributed by atoms with Crippen LogP contribution in [0.3, 0.4) is 0 Å². The quantitative estimate of drug-likeness (QED) is 0.611. The number of pyridine rings is 1. The fourth-order valence-corrected chi connectivity index (χ4v) is 0.765. The van der Waals surface area contributed by atoms with Gasteiger partial charge in [-0.2, -0.15) is 0 Å². The zero-order chi connectivity index (χ0) is 7.56. The highest BCUT2D eigenvalue weighted by atomic mass is 16.1. The van der Waals surface area contributed by atoms with Crippen molar-refractivity contribution in [2.24, 2.45) is 0 Å². The summed E-state index contributed by atoms with van der Waals surface area (Å²) in [4.78, 5) is 15.3. The Labute approximate surface area is 59.3 Å². The molecule has 0 saturated heterocycles. The van der Waals surface area contributed by atoms with Crippen molar-refractivity contribution in [3.05, 3.63) is 28.7 Å². The van der Waals surface area contributed by atoms with Crippen LogP contribution < -0.4 is 10.5 Å². The van der Waals surface area contributed by atoms with Crippen LogP contribution in [0.4, 0.5) is 5.69 Å². The Kier molecular flexibility index (Phi) is 1.76. The Morgan fingerprint density at radius 3 is 2.60 bits per heavy atom. The topological polar surface area (TPSA) is 36.1 Å². The van der Waals surface area contributed by atoms with Gasteiger partial charge in [-0.05, 0) is 12.1 Å². The number of aromatic amines is 1. The predicted molar refractivity (Wildman–Crippen MR) is 41.4 cm³/mol. The van der Waals surface area contributed by atoms with Crippen LogP contribution in [0.1, 0.15) is 0 Å².